The molecule has 2 heterocycles. The standard InChI is InChI=1S/C11H20N6/c1-16-4-6-17(7-5-16)3-2-14-11-10(12)8-13-9-15-11/h8-9H,2-7,12H2,1H3,(H,13,14,15). The van der Waals surface area contributed by atoms with E-state index in [0.29, 0.717) is 5.69 Å². The molecule has 94 valence electrons. The van der Waals surface area contributed by atoms with Gasteiger partial charge in [-0.25, -0.2) is 9.97 Å². The Hall–Kier alpha value is -1.40. The van der Waals surface area contributed by atoms with E-state index in [9.17, 15) is 0 Å². The minimum absolute atomic E-state index is 0.603. The second-order valence-corrected chi connectivity index (χ2v) is 4.40. The van der Waals surface area contributed by atoms with E-state index in [2.05, 4.69) is 32.1 Å². The van der Waals surface area contributed by atoms with Crippen LogP contribution in [0.3, 0.4) is 0 Å². The van der Waals surface area contributed by atoms with Crippen molar-refractivity contribution in [2.24, 2.45) is 0 Å². The van der Waals surface area contributed by atoms with Gasteiger partial charge in [-0.15, -0.1) is 0 Å². The number of likely N-dealkylation sites (N-methyl/N-ethyl adjacent to an activating group) is 1. The highest BCUT2D eigenvalue weighted by molar-refractivity contribution is 5.58. The minimum atomic E-state index is 0.603. The number of anilines is 2. The van der Waals surface area contributed by atoms with Crippen LogP contribution in [-0.4, -0.2) is 66.1 Å². The van der Waals surface area contributed by atoms with Gasteiger partial charge in [-0.3, -0.25) is 4.90 Å². The Morgan fingerprint density at radius 1 is 1.35 bits per heavy atom. The first-order chi connectivity index (χ1) is 8.25. The number of rotatable bonds is 4. The molecule has 0 amide bonds. The fourth-order valence-corrected chi connectivity index (χ4v) is 1.89. The summed E-state index contributed by atoms with van der Waals surface area (Å²) in [5, 5.41) is 3.24. The Kier molecular flexibility index (Phi) is 4.11. The van der Waals surface area contributed by atoms with E-state index >= 15 is 0 Å². The van der Waals surface area contributed by atoms with Gasteiger partial charge in [0.25, 0.3) is 0 Å². The number of nitrogens with two attached hydrogens (primary N) is 1. The largest absolute Gasteiger partial charge is 0.394 e. The molecule has 1 aliphatic heterocycles. The molecule has 1 fully saturated rings. The molecule has 0 aromatic carbocycles. The topological polar surface area (TPSA) is 70.3 Å². The minimum Gasteiger partial charge on any atom is -0.394 e. The molecule has 3 N–H and O–H groups in total. The van der Waals surface area contributed by atoms with Gasteiger partial charge in [0.15, 0.2) is 5.82 Å². The molecule has 1 aliphatic rings. The smallest absolute Gasteiger partial charge is 0.152 e. The van der Waals surface area contributed by atoms with Crippen LogP contribution in [0.1, 0.15) is 0 Å². The van der Waals surface area contributed by atoms with E-state index in [4.69, 9.17) is 5.73 Å². The molecule has 1 saturated heterocycles. The van der Waals surface area contributed by atoms with Crippen molar-refractivity contribution in [3.05, 3.63) is 12.5 Å². The molecular formula is C11H20N6. The van der Waals surface area contributed by atoms with Gasteiger partial charge in [-0.2, -0.15) is 0 Å². The lowest BCUT2D eigenvalue weighted by atomic mass is 10.3. The van der Waals surface area contributed by atoms with Gasteiger partial charge in [0.05, 0.1) is 11.9 Å². The zero-order chi connectivity index (χ0) is 12.1. The van der Waals surface area contributed by atoms with Gasteiger partial charge in [0.2, 0.25) is 0 Å². The van der Waals surface area contributed by atoms with E-state index < -0.39 is 0 Å². The molecule has 0 unspecified atom stereocenters. The third-order valence-electron chi connectivity index (χ3n) is 3.06. The summed E-state index contributed by atoms with van der Waals surface area (Å²) in [6.07, 6.45) is 3.12. The Balaban J connectivity index is 1.71. The summed E-state index contributed by atoms with van der Waals surface area (Å²) in [6, 6.07) is 0. The van der Waals surface area contributed by atoms with Crippen LogP contribution in [0.5, 0.6) is 0 Å². The predicted molar refractivity (Wildman–Crippen MR) is 68.9 cm³/mol. The van der Waals surface area contributed by atoms with E-state index in [1.807, 2.05) is 0 Å². The summed E-state index contributed by atoms with van der Waals surface area (Å²) in [4.78, 5) is 12.8. The highest BCUT2D eigenvalue weighted by Crippen LogP contribution is 2.10. The van der Waals surface area contributed by atoms with E-state index in [1.165, 1.54) is 6.33 Å². The SMILES string of the molecule is CN1CCN(CCNc2ncncc2N)CC1. The van der Waals surface area contributed by atoms with Crippen molar-refractivity contribution in [3.63, 3.8) is 0 Å². The summed E-state index contributed by atoms with van der Waals surface area (Å²) in [6.45, 7) is 6.46. The number of nitrogens with zero attached hydrogens (tertiary/aromatic N) is 4. The third kappa shape index (κ3) is 3.54. The number of hydrogen-bond donors (Lipinski definition) is 2. The van der Waals surface area contributed by atoms with Crippen molar-refractivity contribution in [1.82, 2.24) is 19.8 Å². The summed E-state index contributed by atoms with van der Waals surface area (Å²) in [5.74, 6) is 0.731. The molecular weight excluding hydrogens is 216 g/mol. The second kappa shape index (κ2) is 5.79. The van der Waals surface area contributed by atoms with Crippen molar-refractivity contribution in [1.29, 1.82) is 0 Å². The lowest BCUT2D eigenvalue weighted by Crippen LogP contribution is -2.45. The van der Waals surface area contributed by atoms with Crippen LogP contribution in [0.2, 0.25) is 0 Å². The maximum absolute atomic E-state index is 5.75. The van der Waals surface area contributed by atoms with Crippen molar-refractivity contribution in [2.45, 2.75) is 0 Å². The van der Waals surface area contributed by atoms with E-state index in [-0.39, 0.29) is 0 Å². The molecule has 1 aromatic rings. The highest BCUT2D eigenvalue weighted by Gasteiger charge is 2.12. The van der Waals surface area contributed by atoms with Crippen molar-refractivity contribution < 1.29 is 0 Å². The van der Waals surface area contributed by atoms with E-state index in [1.54, 1.807) is 6.20 Å². The molecule has 0 spiro atoms. The van der Waals surface area contributed by atoms with Crippen LogP contribution < -0.4 is 11.1 Å². The quantitative estimate of drug-likeness (QED) is 0.749. The average molecular weight is 236 g/mol. The number of piperazine rings is 1. The number of nitrogens with one attached hydrogen (secondary N) is 1. The van der Waals surface area contributed by atoms with Crippen molar-refractivity contribution in [3.8, 4) is 0 Å². The molecule has 0 radical (unpaired) electrons. The average Bonchev–Trinajstić information content (AvgIpc) is 2.34. The summed E-state index contributed by atoms with van der Waals surface area (Å²) in [7, 11) is 2.16. The highest BCUT2D eigenvalue weighted by atomic mass is 15.2. The van der Waals surface area contributed by atoms with Crippen molar-refractivity contribution >= 4 is 11.5 Å². The molecule has 0 saturated carbocycles. The number of aromatic nitrogens is 2. The van der Waals surface area contributed by atoms with Gasteiger partial charge in [-0.05, 0) is 7.05 Å². The fraction of sp³-hybridized carbons (Fsp3) is 0.636. The fourth-order valence-electron chi connectivity index (χ4n) is 1.89. The molecule has 0 aliphatic carbocycles. The van der Waals surface area contributed by atoms with Crippen LogP contribution in [0.4, 0.5) is 11.5 Å². The predicted octanol–water partition coefficient (Wildman–Crippen LogP) is -0.282. The first kappa shape index (κ1) is 12.1. The third-order valence-corrected chi connectivity index (χ3v) is 3.06. The lowest BCUT2D eigenvalue weighted by molar-refractivity contribution is 0.158. The Bertz CT molecular complexity index is 348. The molecule has 6 nitrogen and oxygen atoms in total. The second-order valence-electron chi connectivity index (χ2n) is 4.40. The Morgan fingerprint density at radius 3 is 2.82 bits per heavy atom. The molecule has 6 heteroatoms. The van der Waals surface area contributed by atoms with Crippen LogP contribution in [0, 0.1) is 0 Å². The van der Waals surface area contributed by atoms with Crippen LogP contribution in [0.15, 0.2) is 12.5 Å². The molecule has 0 bridgehead atoms. The van der Waals surface area contributed by atoms with Crippen LogP contribution in [-0.2, 0) is 0 Å². The maximum atomic E-state index is 5.75. The molecule has 1 aromatic heterocycles. The first-order valence-electron chi connectivity index (χ1n) is 5.96. The summed E-state index contributed by atoms with van der Waals surface area (Å²) < 4.78 is 0. The van der Waals surface area contributed by atoms with Gasteiger partial charge < -0.3 is 16.0 Å². The summed E-state index contributed by atoms with van der Waals surface area (Å²) in [5.41, 5.74) is 6.35. The molecule has 2 rings (SSSR count). The maximum Gasteiger partial charge on any atom is 0.152 e. The summed E-state index contributed by atoms with van der Waals surface area (Å²) >= 11 is 0. The molecule has 0 atom stereocenters. The zero-order valence-electron chi connectivity index (χ0n) is 10.3. The van der Waals surface area contributed by atoms with Gasteiger partial charge in [-0.1, -0.05) is 0 Å². The lowest BCUT2D eigenvalue weighted by Gasteiger charge is -2.32. The number of hydrogen-bond acceptors (Lipinski definition) is 6. The number of nitrogen functional groups attached to an aromatic ring is 1. The van der Waals surface area contributed by atoms with Gasteiger partial charge in [0.1, 0.15) is 6.33 Å². The van der Waals surface area contributed by atoms with Gasteiger partial charge >= 0.3 is 0 Å². The van der Waals surface area contributed by atoms with Crippen LogP contribution >= 0.6 is 0 Å². The Labute approximate surface area is 102 Å². The van der Waals surface area contributed by atoms with E-state index in [0.717, 1.165) is 45.1 Å². The monoisotopic (exact) mass is 236 g/mol. The van der Waals surface area contributed by atoms with Crippen LogP contribution in [0.25, 0.3) is 0 Å². The zero-order valence-corrected chi connectivity index (χ0v) is 10.3. The van der Waals surface area contributed by atoms with Crippen molar-refractivity contribution in [2.75, 3.05) is 57.4 Å². The molecule has 17 heavy (non-hydrogen) atoms. The van der Waals surface area contributed by atoms with Gasteiger partial charge in [0, 0.05) is 39.3 Å². The Morgan fingerprint density at radius 2 is 2.12 bits per heavy atom. The first-order valence-corrected chi connectivity index (χ1v) is 5.96. The normalized spacial score (nSPS) is 18.2.